The first-order valence-electron chi connectivity index (χ1n) is 6.25. The Kier molecular flexibility index (Phi) is 11.3. The minimum atomic E-state index is 1.14. The minimum Gasteiger partial charge on any atom is -0.0889 e. The largest absolute Gasteiger partial charge is 0.0889 e. The Morgan fingerprint density at radius 2 is 1.75 bits per heavy atom. The monoisotopic (exact) mass is 256 g/mol. The van der Waals surface area contributed by atoms with Crippen LogP contribution in [0.4, 0.5) is 0 Å². The highest BCUT2D eigenvalue weighted by Gasteiger charge is 1.99. The Hall–Kier alpha value is -0.0800. The molecule has 0 aliphatic rings. The molecule has 1 rings (SSSR count). The molecule has 1 aromatic carbocycles. The van der Waals surface area contributed by atoms with Gasteiger partial charge >= 0.3 is 0 Å². The molecule has 0 fully saturated rings. The summed E-state index contributed by atoms with van der Waals surface area (Å²) >= 11 is 0. The Labute approximate surface area is 109 Å². The predicted octanol–water partition coefficient (Wildman–Crippen LogP) is 5.82. The number of rotatable bonds is 6. The van der Waals surface area contributed by atoms with Gasteiger partial charge in [0, 0.05) is 10.6 Å². The third kappa shape index (κ3) is 6.49. The van der Waals surface area contributed by atoms with Crippen LogP contribution in [-0.2, 0) is 6.42 Å². The average Bonchev–Trinajstić information content (AvgIpc) is 2.37. The van der Waals surface area contributed by atoms with Crippen molar-refractivity contribution in [2.45, 2.75) is 51.9 Å². The van der Waals surface area contributed by atoms with Crippen molar-refractivity contribution in [1.82, 2.24) is 0 Å². The van der Waals surface area contributed by atoms with Gasteiger partial charge in [0.2, 0.25) is 0 Å². The van der Waals surface area contributed by atoms with E-state index in [1.807, 2.05) is 35.4 Å². The molecule has 0 bridgehead atoms. The van der Waals surface area contributed by atoms with Crippen LogP contribution in [0.25, 0.3) is 0 Å². The molecule has 16 heavy (non-hydrogen) atoms. The SMILES string of the molecule is CC.CCCCSSc1ccccc1CC. The molecule has 0 aliphatic carbocycles. The van der Waals surface area contributed by atoms with E-state index in [9.17, 15) is 0 Å². The molecule has 2 heteroatoms. The fourth-order valence-corrected chi connectivity index (χ4v) is 3.73. The van der Waals surface area contributed by atoms with E-state index in [4.69, 9.17) is 0 Å². The van der Waals surface area contributed by atoms with Gasteiger partial charge in [-0.2, -0.15) is 0 Å². The summed E-state index contributed by atoms with van der Waals surface area (Å²) in [4.78, 5) is 1.44. The first-order valence-corrected chi connectivity index (χ1v) is 8.57. The highest BCUT2D eigenvalue weighted by molar-refractivity contribution is 8.76. The molecule has 1 aromatic rings. The van der Waals surface area contributed by atoms with Crippen molar-refractivity contribution in [3.63, 3.8) is 0 Å². The van der Waals surface area contributed by atoms with Crippen molar-refractivity contribution in [2.24, 2.45) is 0 Å². The van der Waals surface area contributed by atoms with Crippen LogP contribution in [0.1, 0.15) is 46.1 Å². The second-order valence-electron chi connectivity index (χ2n) is 3.22. The third-order valence-corrected chi connectivity index (χ3v) is 4.63. The molecular formula is C14H24S2. The molecule has 0 aromatic heterocycles. The molecule has 0 N–H and O–H groups in total. The van der Waals surface area contributed by atoms with Gasteiger partial charge in [-0.05, 0) is 24.5 Å². The highest BCUT2D eigenvalue weighted by Crippen LogP contribution is 2.34. The second kappa shape index (κ2) is 11.4. The van der Waals surface area contributed by atoms with Crippen LogP contribution in [-0.4, -0.2) is 5.75 Å². The number of hydrogen-bond acceptors (Lipinski definition) is 2. The molecule has 0 saturated carbocycles. The zero-order chi connectivity index (χ0) is 12.2. The van der Waals surface area contributed by atoms with Crippen LogP contribution in [0.5, 0.6) is 0 Å². The lowest BCUT2D eigenvalue weighted by Crippen LogP contribution is -1.82. The van der Waals surface area contributed by atoms with E-state index >= 15 is 0 Å². The molecule has 0 atom stereocenters. The molecule has 92 valence electrons. The summed E-state index contributed by atoms with van der Waals surface area (Å²) in [6, 6.07) is 8.70. The molecule has 0 heterocycles. The smallest absolute Gasteiger partial charge is 0.0214 e. The van der Waals surface area contributed by atoms with E-state index in [1.54, 1.807) is 0 Å². The summed E-state index contributed by atoms with van der Waals surface area (Å²) in [6.07, 6.45) is 3.76. The van der Waals surface area contributed by atoms with E-state index in [0.29, 0.717) is 0 Å². The summed E-state index contributed by atoms with van der Waals surface area (Å²) in [6.45, 7) is 8.46. The fraction of sp³-hybridized carbons (Fsp3) is 0.571. The summed E-state index contributed by atoms with van der Waals surface area (Å²) in [7, 11) is 3.91. The number of unbranched alkanes of at least 4 members (excludes halogenated alkanes) is 1. The lowest BCUT2D eigenvalue weighted by atomic mass is 10.2. The van der Waals surface area contributed by atoms with E-state index < -0.39 is 0 Å². The van der Waals surface area contributed by atoms with E-state index in [0.717, 1.165) is 6.42 Å². The van der Waals surface area contributed by atoms with Crippen molar-refractivity contribution in [3.05, 3.63) is 29.8 Å². The standard InChI is InChI=1S/C12H18S2.C2H6/c1-3-5-10-13-14-12-9-7-6-8-11(12)4-2;1-2/h6-9H,3-5,10H2,1-2H3;1-2H3. The quantitative estimate of drug-likeness (QED) is 0.465. The Morgan fingerprint density at radius 1 is 1.06 bits per heavy atom. The van der Waals surface area contributed by atoms with Crippen molar-refractivity contribution >= 4 is 21.6 Å². The van der Waals surface area contributed by atoms with Gasteiger partial charge in [-0.1, -0.05) is 73.9 Å². The van der Waals surface area contributed by atoms with Gasteiger partial charge < -0.3 is 0 Å². The van der Waals surface area contributed by atoms with Crippen molar-refractivity contribution < 1.29 is 0 Å². The predicted molar refractivity (Wildman–Crippen MR) is 80.4 cm³/mol. The highest BCUT2D eigenvalue weighted by atomic mass is 33.1. The van der Waals surface area contributed by atoms with Crippen LogP contribution in [0.2, 0.25) is 0 Å². The molecule has 0 radical (unpaired) electrons. The fourth-order valence-electron chi connectivity index (χ4n) is 1.19. The zero-order valence-corrected chi connectivity index (χ0v) is 12.6. The maximum absolute atomic E-state index is 2.24. The summed E-state index contributed by atoms with van der Waals surface area (Å²) in [5.74, 6) is 1.26. The molecule has 0 aliphatic heterocycles. The molecule has 0 unspecified atom stereocenters. The molecule has 0 amide bonds. The van der Waals surface area contributed by atoms with Crippen LogP contribution >= 0.6 is 21.6 Å². The van der Waals surface area contributed by atoms with Crippen molar-refractivity contribution in [1.29, 1.82) is 0 Å². The normalized spacial score (nSPS) is 9.50. The Morgan fingerprint density at radius 3 is 2.38 bits per heavy atom. The van der Waals surface area contributed by atoms with E-state index in [1.165, 1.54) is 29.1 Å². The topological polar surface area (TPSA) is 0 Å². The molecule has 0 saturated heterocycles. The maximum Gasteiger partial charge on any atom is 0.0214 e. The number of benzene rings is 1. The maximum atomic E-state index is 2.24. The number of hydrogen-bond donors (Lipinski definition) is 0. The van der Waals surface area contributed by atoms with Gasteiger partial charge in [0.1, 0.15) is 0 Å². The molecule has 0 nitrogen and oxygen atoms in total. The van der Waals surface area contributed by atoms with Crippen LogP contribution in [0.3, 0.4) is 0 Å². The summed E-state index contributed by atoms with van der Waals surface area (Å²) in [5.41, 5.74) is 1.47. The van der Waals surface area contributed by atoms with Crippen molar-refractivity contribution in [3.8, 4) is 0 Å². The first-order chi connectivity index (χ1) is 7.88. The summed E-state index contributed by atoms with van der Waals surface area (Å²) in [5, 5.41) is 0. The molecule has 0 spiro atoms. The zero-order valence-electron chi connectivity index (χ0n) is 11.0. The van der Waals surface area contributed by atoms with E-state index in [-0.39, 0.29) is 0 Å². The van der Waals surface area contributed by atoms with Crippen LogP contribution < -0.4 is 0 Å². The van der Waals surface area contributed by atoms with Gasteiger partial charge in [-0.3, -0.25) is 0 Å². The lowest BCUT2D eigenvalue weighted by Gasteiger charge is -2.05. The van der Waals surface area contributed by atoms with Crippen LogP contribution in [0.15, 0.2) is 29.2 Å². The van der Waals surface area contributed by atoms with Gasteiger partial charge in [0.25, 0.3) is 0 Å². The number of aryl methyl sites for hydroxylation is 1. The third-order valence-electron chi connectivity index (χ3n) is 2.08. The first kappa shape index (κ1) is 15.9. The average molecular weight is 256 g/mol. The molecular weight excluding hydrogens is 232 g/mol. The van der Waals surface area contributed by atoms with Gasteiger partial charge in [-0.25, -0.2) is 0 Å². The lowest BCUT2D eigenvalue weighted by molar-refractivity contribution is 0.898. The van der Waals surface area contributed by atoms with Crippen LogP contribution in [0, 0.1) is 0 Å². The van der Waals surface area contributed by atoms with Crippen molar-refractivity contribution in [2.75, 3.05) is 5.75 Å². The van der Waals surface area contributed by atoms with Gasteiger partial charge in [0.05, 0.1) is 0 Å². The summed E-state index contributed by atoms with van der Waals surface area (Å²) < 4.78 is 0. The van der Waals surface area contributed by atoms with E-state index in [2.05, 4.69) is 38.1 Å². The Balaban J connectivity index is 0.00000106. The second-order valence-corrected chi connectivity index (χ2v) is 5.68. The minimum absolute atomic E-state index is 1.14. The van der Waals surface area contributed by atoms with Gasteiger partial charge in [0.15, 0.2) is 0 Å². The Bertz CT molecular complexity index is 259. The van der Waals surface area contributed by atoms with Gasteiger partial charge in [-0.15, -0.1) is 0 Å².